The number of hydrogen-bond donors (Lipinski definition) is 3. The first-order valence-corrected chi connectivity index (χ1v) is 8.96. The number of carbonyl (C=O) groups excluding carboxylic acids is 2. The second-order valence-electron chi connectivity index (χ2n) is 6.24. The summed E-state index contributed by atoms with van der Waals surface area (Å²) in [7, 11) is 0. The van der Waals surface area contributed by atoms with Gasteiger partial charge in [0, 0.05) is 31.2 Å². The molecule has 2 heterocycles. The molecular formula is C17H23ClN4O3. The Labute approximate surface area is 152 Å². The summed E-state index contributed by atoms with van der Waals surface area (Å²) in [5.41, 5.74) is 0.933. The smallest absolute Gasteiger partial charge is 0.319 e. The van der Waals surface area contributed by atoms with Crippen LogP contribution >= 0.6 is 11.6 Å². The molecule has 25 heavy (non-hydrogen) atoms. The molecule has 0 aromatic heterocycles. The van der Waals surface area contributed by atoms with Crippen LogP contribution in [0, 0.1) is 0 Å². The van der Waals surface area contributed by atoms with Gasteiger partial charge in [-0.3, -0.25) is 4.79 Å². The van der Waals surface area contributed by atoms with E-state index in [4.69, 9.17) is 16.3 Å². The quantitative estimate of drug-likeness (QED) is 0.760. The monoisotopic (exact) mass is 366 g/mol. The molecule has 7 nitrogen and oxygen atoms in total. The number of piperidine rings is 1. The maximum atomic E-state index is 12.6. The van der Waals surface area contributed by atoms with Crippen molar-refractivity contribution >= 4 is 29.2 Å². The number of halogens is 1. The Morgan fingerprint density at radius 3 is 2.80 bits per heavy atom. The first-order chi connectivity index (χ1) is 12.1. The van der Waals surface area contributed by atoms with Gasteiger partial charge in [-0.15, -0.1) is 0 Å². The zero-order valence-electron chi connectivity index (χ0n) is 14.0. The molecule has 136 valence electrons. The van der Waals surface area contributed by atoms with Crippen molar-refractivity contribution in [2.24, 2.45) is 0 Å². The van der Waals surface area contributed by atoms with Crippen LogP contribution in [0.2, 0.25) is 5.02 Å². The standard InChI is InChI=1S/C17H23ClN4O3/c18-14-4-3-12(16(23)22-6-8-25-9-7-22)10-15(14)21-17(24)20-13-2-1-5-19-11-13/h3-4,10,13,19H,1-2,5-9,11H2,(H2,20,21,24). The fraction of sp³-hybridized carbons (Fsp3) is 0.529. The van der Waals surface area contributed by atoms with Gasteiger partial charge in [-0.05, 0) is 37.6 Å². The van der Waals surface area contributed by atoms with Crippen molar-refractivity contribution < 1.29 is 14.3 Å². The van der Waals surface area contributed by atoms with E-state index < -0.39 is 0 Å². The molecule has 8 heteroatoms. The number of nitrogens with zero attached hydrogens (tertiary/aromatic N) is 1. The number of benzene rings is 1. The summed E-state index contributed by atoms with van der Waals surface area (Å²) in [5, 5.41) is 9.32. The van der Waals surface area contributed by atoms with Crippen LogP contribution in [0.1, 0.15) is 23.2 Å². The number of anilines is 1. The molecule has 2 aliphatic rings. The number of morpholine rings is 1. The van der Waals surface area contributed by atoms with E-state index >= 15 is 0 Å². The number of amides is 3. The summed E-state index contributed by atoms with van der Waals surface area (Å²) in [4.78, 5) is 26.5. The molecule has 0 radical (unpaired) electrons. The van der Waals surface area contributed by atoms with Gasteiger partial charge in [0.05, 0.1) is 23.9 Å². The fourth-order valence-corrected chi connectivity index (χ4v) is 3.19. The van der Waals surface area contributed by atoms with Crippen molar-refractivity contribution in [1.29, 1.82) is 0 Å². The minimum absolute atomic E-state index is 0.0834. The Morgan fingerprint density at radius 2 is 2.08 bits per heavy atom. The molecule has 1 unspecified atom stereocenters. The van der Waals surface area contributed by atoms with E-state index in [1.165, 1.54) is 0 Å². The van der Waals surface area contributed by atoms with Crippen molar-refractivity contribution in [3.8, 4) is 0 Å². The number of nitrogens with one attached hydrogen (secondary N) is 3. The van der Waals surface area contributed by atoms with E-state index in [1.807, 2.05) is 0 Å². The third-order valence-electron chi connectivity index (χ3n) is 4.39. The second-order valence-corrected chi connectivity index (χ2v) is 6.65. The van der Waals surface area contributed by atoms with Gasteiger partial charge in [-0.25, -0.2) is 4.79 Å². The van der Waals surface area contributed by atoms with Gasteiger partial charge in [0.2, 0.25) is 0 Å². The van der Waals surface area contributed by atoms with Gasteiger partial charge >= 0.3 is 6.03 Å². The van der Waals surface area contributed by atoms with Crippen molar-refractivity contribution in [3.63, 3.8) is 0 Å². The predicted molar refractivity (Wildman–Crippen MR) is 96.2 cm³/mol. The van der Waals surface area contributed by atoms with Crippen molar-refractivity contribution in [3.05, 3.63) is 28.8 Å². The third kappa shape index (κ3) is 4.84. The molecule has 1 aromatic carbocycles. The fourth-order valence-electron chi connectivity index (χ4n) is 3.02. The van der Waals surface area contributed by atoms with Crippen LogP contribution < -0.4 is 16.0 Å². The summed E-state index contributed by atoms with van der Waals surface area (Å²) in [6, 6.07) is 4.72. The van der Waals surface area contributed by atoms with E-state index in [-0.39, 0.29) is 18.0 Å². The lowest BCUT2D eigenvalue weighted by atomic mass is 10.1. The molecule has 3 amide bonds. The van der Waals surface area contributed by atoms with E-state index in [0.717, 1.165) is 25.9 Å². The maximum Gasteiger partial charge on any atom is 0.319 e. The highest BCUT2D eigenvalue weighted by molar-refractivity contribution is 6.33. The largest absolute Gasteiger partial charge is 0.378 e. The van der Waals surface area contributed by atoms with E-state index in [0.29, 0.717) is 42.6 Å². The van der Waals surface area contributed by atoms with Crippen molar-refractivity contribution in [2.45, 2.75) is 18.9 Å². The Bertz CT molecular complexity index is 628. The molecule has 2 aliphatic heterocycles. The lowest BCUT2D eigenvalue weighted by molar-refractivity contribution is 0.0303. The van der Waals surface area contributed by atoms with Crippen LogP contribution in [-0.4, -0.2) is 62.3 Å². The summed E-state index contributed by atoms with van der Waals surface area (Å²) in [6.45, 7) is 3.97. The van der Waals surface area contributed by atoms with E-state index in [9.17, 15) is 9.59 Å². The van der Waals surface area contributed by atoms with Gasteiger partial charge in [-0.2, -0.15) is 0 Å². The molecule has 0 spiro atoms. The Kier molecular flexibility index (Phi) is 6.12. The lowest BCUT2D eigenvalue weighted by Gasteiger charge is -2.27. The molecule has 0 aliphatic carbocycles. The summed E-state index contributed by atoms with van der Waals surface area (Å²) in [6.07, 6.45) is 1.99. The molecule has 0 bridgehead atoms. The first kappa shape index (κ1) is 18.0. The summed E-state index contributed by atoms with van der Waals surface area (Å²) in [5.74, 6) is -0.0834. The van der Waals surface area contributed by atoms with Crippen molar-refractivity contribution in [2.75, 3.05) is 44.7 Å². The molecule has 2 fully saturated rings. The van der Waals surface area contributed by atoms with Gasteiger partial charge in [-0.1, -0.05) is 11.6 Å². The minimum Gasteiger partial charge on any atom is -0.378 e. The second kappa shape index (κ2) is 8.51. The SMILES string of the molecule is O=C(Nc1cc(C(=O)N2CCOCC2)ccc1Cl)NC1CCCNC1. The highest BCUT2D eigenvalue weighted by Crippen LogP contribution is 2.24. The number of carbonyl (C=O) groups is 2. The molecular weight excluding hydrogens is 344 g/mol. The molecule has 0 saturated carbocycles. The van der Waals surface area contributed by atoms with Crippen LogP contribution in [0.4, 0.5) is 10.5 Å². The Balaban J connectivity index is 1.64. The average molecular weight is 367 g/mol. The minimum atomic E-state index is -0.313. The number of rotatable bonds is 3. The molecule has 3 rings (SSSR count). The zero-order valence-corrected chi connectivity index (χ0v) is 14.8. The maximum absolute atomic E-state index is 12.6. The summed E-state index contributed by atoms with van der Waals surface area (Å²) < 4.78 is 5.27. The highest BCUT2D eigenvalue weighted by Gasteiger charge is 2.20. The number of ether oxygens (including phenoxy) is 1. The molecule has 1 atom stereocenters. The van der Waals surface area contributed by atoms with Gasteiger partial charge in [0.1, 0.15) is 0 Å². The predicted octanol–water partition coefficient (Wildman–Crippen LogP) is 1.69. The number of urea groups is 1. The first-order valence-electron chi connectivity index (χ1n) is 8.58. The van der Waals surface area contributed by atoms with Gasteiger partial charge < -0.3 is 25.6 Å². The normalized spacial score (nSPS) is 20.8. The van der Waals surface area contributed by atoms with Crippen LogP contribution in [0.15, 0.2) is 18.2 Å². The lowest BCUT2D eigenvalue weighted by Crippen LogP contribution is -2.47. The van der Waals surface area contributed by atoms with E-state index in [2.05, 4.69) is 16.0 Å². The molecule has 3 N–H and O–H groups in total. The average Bonchev–Trinajstić information content (AvgIpc) is 2.64. The van der Waals surface area contributed by atoms with E-state index in [1.54, 1.807) is 23.1 Å². The van der Waals surface area contributed by atoms with Crippen LogP contribution in [-0.2, 0) is 4.74 Å². The molecule has 2 saturated heterocycles. The zero-order chi connectivity index (χ0) is 17.6. The molecule has 1 aromatic rings. The third-order valence-corrected chi connectivity index (χ3v) is 4.72. The van der Waals surface area contributed by atoms with Crippen LogP contribution in [0.3, 0.4) is 0 Å². The highest BCUT2D eigenvalue weighted by atomic mass is 35.5. The van der Waals surface area contributed by atoms with Crippen LogP contribution in [0.5, 0.6) is 0 Å². The van der Waals surface area contributed by atoms with Crippen LogP contribution in [0.25, 0.3) is 0 Å². The Morgan fingerprint density at radius 1 is 1.28 bits per heavy atom. The van der Waals surface area contributed by atoms with Gasteiger partial charge in [0.25, 0.3) is 5.91 Å². The van der Waals surface area contributed by atoms with Crippen molar-refractivity contribution in [1.82, 2.24) is 15.5 Å². The van der Waals surface area contributed by atoms with Gasteiger partial charge in [0.15, 0.2) is 0 Å². The topological polar surface area (TPSA) is 82.7 Å². The number of hydrogen-bond acceptors (Lipinski definition) is 4. The summed E-state index contributed by atoms with van der Waals surface area (Å²) >= 11 is 6.17. The Hall–Kier alpha value is -1.83.